The standard InChI is InChI=1S/C15H27O/c1-5-6-7-8-9-10-11-12-13-14(2)15(3,4)16/h8-9,13H,5-7,10-12H2,1-4H3/b9-8+,14-13+. The summed E-state index contributed by atoms with van der Waals surface area (Å²) in [6, 6.07) is 0. The number of unbranched alkanes of at least 4 members (excludes halogenated alkanes) is 4. The SMILES string of the molecule is CCCC/C=C/CCC/C=C(\C)C(C)(C)[O]. The highest BCUT2D eigenvalue weighted by molar-refractivity contribution is 5.09. The van der Waals surface area contributed by atoms with Crippen LogP contribution in [0, 0.1) is 0 Å². The summed E-state index contributed by atoms with van der Waals surface area (Å²) < 4.78 is 0. The first-order chi connectivity index (χ1) is 7.48. The van der Waals surface area contributed by atoms with Crippen molar-refractivity contribution >= 4 is 0 Å². The lowest BCUT2D eigenvalue weighted by Gasteiger charge is -2.14. The van der Waals surface area contributed by atoms with Gasteiger partial charge in [0, 0.05) is 0 Å². The van der Waals surface area contributed by atoms with E-state index in [1.807, 2.05) is 6.92 Å². The van der Waals surface area contributed by atoms with E-state index in [1.165, 1.54) is 19.3 Å². The highest BCUT2D eigenvalue weighted by Crippen LogP contribution is 2.16. The van der Waals surface area contributed by atoms with Gasteiger partial charge in [-0.15, -0.1) is 0 Å². The van der Waals surface area contributed by atoms with Gasteiger partial charge in [-0.05, 0) is 52.0 Å². The topological polar surface area (TPSA) is 19.9 Å². The smallest absolute Gasteiger partial charge is 0.119 e. The maximum Gasteiger partial charge on any atom is 0.119 e. The average molecular weight is 223 g/mol. The summed E-state index contributed by atoms with van der Waals surface area (Å²) in [5.74, 6) is 0. The van der Waals surface area contributed by atoms with Gasteiger partial charge in [-0.2, -0.15) is 0 Å². The van der Waals surface area contributed by atoms with Crippen LogP contribution in [-0.4, -0.2) is 5.60 Å². The van der Waals surface area contributed by atoms with Gasteiger partial charge in [-0.3, -0.25) is 0 Å². The maximum atomic E-state index is 11.6. The van der Waals surface area contributed by atoms with Gasteiger partial charge in [-0.1, -0.05) is 38.0 Å². The molecule has 0 heterocycles. The Labute approximate surface area is 101 Å². The fourth-order valence-electron chi connectivity index (χ4n) is 1.36. The summed E-state index contributed by atoms with van der Waals surface area (Å²) in [6.45, 7) is 7.60. The molecule has 0 saturated carbocycles. The van der Waals surface area contributed by atoms with Gasteiger partial charge >= 0.3 is 0 Å². The molecule has 0 fully saturated rings. The number of rotatable bonds is 8. The third-order valence-electron chi connectivity index (χ3n) is 2.87. The molecule has 0 rings (SSSR count). The fourth-order valence-corrected chi connectivity index (χ4v) is 1.36. The van der Waals surface area contributed by atoms with E-state index in [4.69, 9.17) is 0 Å². The van der Waals surface area contributed by atoms with Crippen molar-refractivity contribution in [3.05, 3.63) is 23.8 Å². The average Bonchev–Trinajstić information content (AvgIpc) is 2.20. The van der Waals surface area contributed by atoms with Crippen LogP contribution in [0.1, 0.15) is 66.2 Å². The van der Waals surface area contributed by atoms with E-state index in [2.05, 4.69) is 25.2 Å². The van der Waals surface area contributed by atoms with Crippen LogP contribution >= 0.6 is 0 Å². The van der Waals surface area contributed by atoms with Gasteiger partial charge in [0.1, 0.15) is 5.60 Å². The van der Waals surface area contributed by atoms with Crippen molar-refractivity contribution in [2.75, 3.05) is 0 Å². The van der Waals surface area contributed by atoms with E-state index in [0.29, 0.717) is 0 Å². The van der Waals surface area contributed by atoms with Crippen LogP contribution in [0.4, 0.5) is 0 Å². The Balaban J connectivity index is 3.57. The molecule has 0 amide bonds. The zero-order chi connectivity index (χ0) is 12.4. The van der Waals surface area contributed by atoms with Gasteiger partial charge in [0.2, 0.25) is 0 Å². The molecule has 0 aromatic heterocycles. The number of hydrogen-bond donors (Lipinski definition) is 0. The largest absolute Gasteiger partial charge is 0.225 e. The summed E-state index contributed by atoms with van der Waals surface area (Å²) in [4.78, 5) is 0. The van der Waals surface area contributed by atoms with Gasteiger partial charge in [0.05, 0.1) is 0 Å². The van der Waals surface area contributed by atoms with E-state index in [9.17, 15) is 5.11 Å². The first-order valence-electron chi connectivity index (χ1n) is 6.51. The summed E-state index contributed by atoms with van der Waals surface area (Å²) in [5, 5.41) is 11.6. The van der Waals surface area contributed by atoms with Crippen LogP contribution in [0.25, 0.3) is 0 Å². The van der Waals surface area contributed by atoms with Crippen LogP contribution < -0.4 is 0 Å². The molecule has 1 heteroatoms. The molecule has 0 aromatic rings. The molecular weight excluding hydrogens is 196 g/mol. The van der Waals surface area contributed by atoms with Crippen LogP contribution in [0.3, 0.4) is 0 Å². The summed E-state index contributed by atoms with van der Waals surface area (Å²) in [7, 11) is 0. The van der Waals surface area contributed by atoms with E-state index < -0.39 is 5.60 Å². The summed E-state index contributed by atoms with van der Waals surface area (Å²) in [5.41, 5.74) is 0.0548. The Kier molecular flexibility index (Phi) is 8.28. The lowest BCUT2D eigenvalue weighted by Crippen LogP contribution is -2.17. The molecule has 0 aliphatic heterocycles. The van der Waals surface area contributed by atoms with E-state index in [0.717, 1.165) is 24.8 Å². The van der Waals surface area contributed by atoms with E-state index >= 15 is 0 Å². The minimum absolute atomic E-state index is 0.906. The Morgan fingerprint density at radius 2 is 1.62 bits per heavy atom. The Bertz CT molecular complexity index is 218. The molecule has 16 heavy (non-hydrogen) atoms. The molecule has 0 bridgehead atoms. The van der Waals surface area contributed by atoms with Gasteiger partial charge in [-0.25, -0.2) is 5.11 Å². The van der Waals surface area contributed by atoms with Gasteiger partial charge in [0.15, 0.2) is 0 Å². The molecule has 0 spiro atoms. The fraction of sp³-hybridized carbons (Fsp3) is 0.733. The zero-order valence-corrected chi connectivity index (χ0v) is 11.4. The summed E-state index contributed by atoms with van der Waals surface area (Å²) in [6.07, 6.45) is 13.7. The minimum Gasteiger partial charge on any atom is -0.225 e. The molecule has 0 saturated heterocycles. The highest BCUT2D eigenvalue weighted by atomic mass is 16.3. The third kappa shape index (κ3) is 8.72. The molecule has 1 radical (unpaired) electrons. The van der Waals surface area contributed by atoms with Crippen molar-refractivity contribution in [2.24, 2.45) is 0 Å². The van der Waals surface area contributed by atoms with Crippen molar-refractivity contribution in [3.8, 4) is 0 Å². The predicted octanol–water partition coefficient (Wildman–Crippen LogP) is 5.06. The lowest BCUT2D eigenvalue weighted by molar-refractivity contribution is 0.0377. The van der Waals surface area contributed by atoms with Crippen molar-refractivity contribution in [2.45, 2.75) is 71.8 Å². The van der Waals surface area contributed by atoms with Crippen molar-refractivity contribution in [1.82, 2.24) is 0 Å². The third-order valence-corrected chi connectivity index (χ3v) is 2.87. The predicted molar refractivity (Wildman–Crippen MR) is 71.0 cm³/mol. The molecule has 0 unspecified atom stereocenters. The monoisotopic (exact) mass is 223 g/mol. The molecule has 93 valence electrons. The van der Waals surface area contributed by atoms with E-state index in [-0.39, 0.29) is 0 Å². The zero-order valence-electron chi connectivity index (χ0n) is 11.4. The lowest BCUT2D eigenvalue weighted by atomic mass is 9.98. The van der Waals surface area contributed by atoms with Gasteiger partial charge in [0.25, 0.3) is 0 Å². The number of hydrogen-bond acceptors (Lipinski definition) is 0. The van der Waals surface area contributed by atoms with Crippen LogP contribution in [0.2, 0.25) is 0 Å². The van der Waals surface area contributed by atoms with E-state index in [1.54, 1.807) is 13.8 Å². The summed E-state index contributed by atoms with van der Waals surface area (Å²) >= 11 is 0. The Morgan fingerprint density at radius 1 is 1.06 bits per heavy atom. The molecular formula is C15H27O. The second-order valence-corrected chi connectivity index (χ2v) is 4.94. The molecule has 0 atom stereocenters. The maximum absolute atomic E-state index is 11.6. The minimum atomic E-state index is -0.906. The van der Waals surface area contributed by atoms with Crippen molar-refractivity contribution < 1.29 is 5.11 Å². The Morgan fingerprint density at radius 3 is 2.12 bits per heavy atom. The second-order valence-electron chi connectivity index (χ2n) is 4.94. The first-order valence-corrected chi connectivity index (χ1v) is 6.51. The normalized spacial score (nSPS) is 13.7. The van der Waals surface area contributed by atoms with Crippen molar-refractivity contribution in [1.29, 1.82) is 0 Å². The molecule has 0 aliphatic carbocycles. The quantitative estimate of drug-likeness (QED) is 0.405. The molecule has 0 aromatic carbocycles. The molecule has 1 nitrogen and oxygen atoms in total. The molecule has 0 aliphatic rings. The second kappa shape index (κ2) is 8.58. The first kappa shape index (κ1) is 15.4. The van der Waals surface area contributed by atoms with Crippen molar-refractivity contribution in [3.63, 3.8) is 0 Å². The highest BCUT2D eigenvalue weighted by Gasteiger charge is 2.16. The Hall–Kier alpha value is -0.560. The van der Waals surface area contributed by atoms with Crippen LogP contribution in [-0.2, 0) is 5.11 Å². The van der Waals surface area contributed by atoms with Crippen LogP contribution in [0.15, 0.2) is 23.8 Å². The van der Waals surface area contributed by atoms with Crippen LogP contribution in [0.5, 0.6) is 0 Å². The van der Waals surface area contributed by atoms with Gasteiger partial charge < -0.3 is 0 Å². The number of allylic oxidation sites excluding steroid dienone is 3. The molecule has 0 N–H and O–H groups in total.